The molecular weight excluding hydrogens is 318 g/mol. The number of nitrogens with one attached hydrogen (secondary N) is 2. The summed E-state index contributed by atoms with van der Waals surface area (Å²) in [5, 5.41) is 24.4. The van der Waals surface area contributed by atoms with E-state index in [2.05, 4.69) is 20.9 Å². The van der Waals surface area contributed by atoms with Crippen molar-refractivity contribution in [1.29, 1.82) is 0 Å². The Morgan fingerprint density at radius 2 is 2.08 bits per heavy atom. The highest BCUT2D eigenvalue weighted by Gasteiger charge is 2.23. The predicted octanol–water partition coefficient (Wildman–Crippen LogP) is 0.844. The summed E-state index contributed by atoms with van der Waals surface area (Å²) in [5.74, 6) is -0.287. The number of carbonyl (C=O) groups is 1. The van der Waals surface area contributed by atoms with Crippen molar-refractivity contribution in [2.24, 2.45) is 0 Å². The number of piperidine rings is 1. The van der Waals surface area contributed by atoms with Crippen LogP contribution >= 0.6 is 0 Å². The predicted molar refractivity (Wildman–Crippen MR) is 94.4 cm³/mol. The molecule has 0 radical (unpaired) electrons. The van der Waals surface area contributed by atoms with Crippen molar-refractivity contribution in [2.75, 3.05) is 19.6 Å². The van der Waals surface area contributed by atoms with Crippen LogP contribution in [0.25, 0.3) is 0 Å². The maximum Gasteiger partial charge on any atom is 0.273 e. The van der Waals surface area contributed by atoms with Gasteiger partial charge < -0.3 is 15.7 Å². The van der Waals surface area contributed by atoms with Crippen molar-refractivity contribution < 1.29 is 9.90 Å². The van der Waals surface area contributed by atoms with Crippen molar-refractivity contribution >= 4 is 5.91 Å². The van der Waals surface area contributed by atoms with Gasteiger partial charge in [-0.3, -0.25) is 4.79 Å². The summed E-state index contributed by atoms with van der Waals surface area (Å²) in [6, 6.07) is 10.0. The Bertz CT molecular complexity index is 695. The Balaban J connectivity index is 1.55. The molecule has 1 amide bonds. The fourth-order valence-corrected chi connectivity index (χ4v) is 3.20. The van der Waals surface area contributed by atoms with E-state index in [9.17, 15) is 9.90 Å². The number of amides is 1. The highest BCUT2D eigenvalue weighted by molar-refractivity contribution is 5.93. The molecule has 134 valence electrons. The molecule has 0 bridgehead atoms. The Morgan fingerprint density at radius 3 is 2.80 bits per heavy atom. The quantitative estimate of drug-likeness (QED) is 0.723. The Hall–Kier alpha value is -2.25. The maximum atomic E-state index is 12.4. The molecule has 7 nitrogen and oxygen atoms in total. The van der Waals surface area contributed by atoms with Crippen LogP contribution in [0.3, 0.4) is 0 Å². The number of aliphatic hydroxyl groups is 1. The SMILES string of the molecule is Cc1c(C(=O)NCC(O)Cc2ccccc2)nnn1C1CCNCC1. The van der Waals surface area contributed by atoms with Crippen molar-refractivity contribution in [3.63, 3.8) is 0 Å². The Morgan fingerprint density at radius 1 is 1.36 bits per heavy atom. The van der Waals surface area contributed by atoms with E-state index in [1.54, 1.807) is 0 Å². The van der Waals surface area contributed by atoms with Gasteiger partial charge in [-0.1, -0.05) is 35.5 Å². The molecule has 0 spiro atoms. The van der Waals surface area contributed by atoms with Gasteiger partial charge >= 0.3 is 0 Å². The molecule has 2 heterocycles. The van der Waals surface area contributed by atoms with Gasteiger partial charge in [0.25, 0.3) is 5.91 Å². The molecule has 7 heteroatoms. The first-order valence-electron chi connectivity index (χ1n) is 8.78. The normalized spacial score (nSPS) is 16.6. The molecule has 1 aliphatic heterocycles. The van der Waals surface area contributed by atoms with Gasteiger partial charge in [-0.05, 0) is 38.4 Å². The standard InChI is InChI=1S/C18H25N5O2/c1-13-17(21-22-23(13)15-7-9-19-10-8-15)18(25)20-12-16(24)11-14-5-3-2-4-6-14/h2-6,15-16,19,24H,7-12H2,1H3,(H,20,25). The summed E-state index contributed by atoms with van der Waals surface area (Å²) in [7, 11) is 0. The molecule has 3 N–H and O–H groups in total. The smallest absolute Gasteiger partial charge is 0.273 e. The van der Waals surface area contributed by atoms with Crippen molar-refractivity contribution in [3.05, 3.63) is 47.3 Å². The molecule has 3 rings (SSSR count). The summed E-state index contributed by atoms with van der Waals surface area (Å²) in [6.07, 6.45) is 1.84. The van der Waals surface area contributed by atoms with Crippen LogP contribution in [0.1, 0.15) is 40.6 Å². The van der Waals surface area contributed by atoms with E-state index >= 15 is 0 Å². The van der Waals surface area contributed by atoms with E-state index in [1.165, 1.54) is 0 Å². The van der Waals surface area contributed by atoms with E-state index in [4.69, 9.17) is 0 Å². The van der Waals surface area contributed by atoms with Crippen LogP contribution in [-0.4, -0.2) is 51.7 Å². The second kappa shape index (κ2) is 8.22. The third kappa shape index (κ3) is 4.43. The van der Waals surface area contributed by atoms with Crippen LogP contribution in [-0.2, 0) is 6.42 Å². The van der Waals surface area contributed by atoms with Crippen LogP contribution in [0.15, 0.2) is 30.3 Å². The largest absolute Gasteiger partial charge is 0.391 e. The highest BCUT2D eigenvalue weighted by Crippen LogP contribution is 2.20. The third-order valence-electron chi connectivity index (χ3n) is 4.61. The first kappa shape index (κ1) is 17.6. The summed E-state index contributed by atoms with van der Waals surface area (Å²) in [4.78, 5) is 12.4. The van der Waals surface area contributed by atoms with Gasteiger partial charge in [0, 0.05) is 13.0 Å². The topological polar surface area (TPSA) is 92.1 Å². The zero-order valence-electron chi connectivity index (χ0n) is 14.5. The maximum absolute atomic E-state index is 12.4. The van der Waals surface area contributed by atoms with E-state index in [-0.39, 0.29) is 12.5 Å². The van der Waals surface area contributed by atoms with Crippen LogP contribution < -0.4 is 10.6 Å². The zero-order valence-corrected chi connectivity index (χ0v) is 14.5. The lowest BCUT2D eigenvalue weighted by atomic mass is 10.1. The fourth-order valence-electron chi connectivity index (χ4n) is 3.20. The second-order valence-corrected chi connectivity index (χ2v) is 6.50. The van der Waals surface area contributed by atoms with E-state index < -0.39 is 6.10 Å². The molecule has 25 heavy (non-hydrogen) atoms. The lowest BCUT2D eigenvalue weighted by Gasteiger charge is -2.23. The average molecular weight is 343 g/mol. The van der Waals surface area contributed by atoms with Gasteiger partial charge in [-0.15, -0.1) is 5.10 Å². The molecule has 1 unspecified atom stereocenters. The molecular formula is C18H25N5O2. The summed E-state index contributed by atoms with van der Waals surface area (Å²) >= 11 is 0. The van der Waals surface area contributed by atoms with E-state index in [0.717, 1.165) is 37.2 Å². The first-order valence-corrected chi connectivity index (χ1v) is 8.78. The number of carbonyl (C=O) groups excluding carboxylic acids is 1. The van der Waals surface area contributed by atoms with Gasteiger partial charge in [0.2, 0.25) is 0 Å². The van der Waals surface area contributed by atoms with Crippen LogP contribution in [0.4, 0.5) is 0 Å². The number of rotatable bonds is 6. The van der Waals surface area contributed by atoms with Crippen molar-refractivity contribution in [2.45, 2.75) is 38.3 Å². The molecule has 1 atom stereocenters. The minimum Gasteiger partial charge on any atom is -0.391 e. The zero-order chi connectivity index (χ0) is 17.6. The highest BCUT2D eigenvalue weighted by atomic mass is 16.3. The van der Waals surface area contributed by atoms with Gasteiger partial charge in [0.05, 0.1) is 17.8 Å². The number of hydrogen-bond acceptors (Lipinski definition) is 5. The molecule has 1 fully saturated rings. The molecule has 0 saturated carbocycles. The van der Waals surface area contributed by atoms with Gasteiger partial charge in [0.15, 0.2) is 5.69 Å². The number of aliphatic hydroxyl groups excluding tert-OH is 1. The molecule has 1 aromatic heterocycles. The summed E-state index contributed by atoms with van der Waals surface area (Å²) in [6.45, 7) is 3.97. The number of hydrogen-bond donors (Lipinski definition) is 3. The molecule has 1 aromatic carbocycles. The monoisotopic (exact) mass is 343 g/mol. The Kier molecular flexibility index (Phi) is 5.78. The number of nitrogens with zero attached hydrogens (tertiary/aromatic N) is 3. The van der Waals surface area contributed by atoms with Gasteiger partial charge in [-0.25, -0.2) is 4.68 Å². The van der Waals surface area contributed by atoms with E-state index in [0.29, 0.717) is 18.2 Å². The number of benzene rings is 1. The second-order valence-electron chi connectivity index (χ2n) is 6.50. The lowest BCUT2D eigenvalue weighted by Crippen LogP contribution is -2.34. The van der Waals surface area contributed by atoms with Crippen LogP contribution in [0.5, 0.6) is 0 Å². The van der Waals surface area contributed by atoms with Crippen LogP contribution in [0, 0.1) is 6.92 Å². The van der Waals surface area contributed by atoms with Crippen molar-refractivity contribution in [1.82, 2.24) is 25.6 Å². The third-order valence-corrected chi connectivity index (χ3v) is 4.61. The number of aromatic nitrogens is 3. The van der Waals surface area contributed by atoms with Crippen molar-refractivity contribution in [3.8, 4) is 0 Å². The summed E-state index contributed by atoms with van der Waals surface area (Å²) in [5.41, 5.74) is 2.16. The van der Waals surface area contributed by atoms with E-state index in [1.807, 2.05) is 41.9 Å². The molecule has 0 aliphatic carbocycles. The first-order chi connectivity index (χ1) is 12.1. The molecule has 1 saturated heterocycles. The molecule has 1 aliphatic rings. The van der Waals surface area contributed by atoms with Gasteiger partial charge in [0.1, 0.15) is 0 Å². The lowest BCUT2D eigenvalue weighted by molar-refractivity contribution is 0.0910. The minimum atomic E-state index is -0.633. The molecule has 2 aromatic rings. The average Bonchev–Trinajstić information content (AvgIpc) is 3.03. The fraction of sp³-hybridized carbons (Fsp3) is 0.500. The minimum absolute atomic E-state index is 0.188. The Labute approximate surface area is 147 Å². The van der Waals surface area contributed by atoms with Gasteiger partial charge in [-0.2, -0.15) is 0 Å². The van der Waals surface area contributed by atoms with Crippen LogP contribution in [0.2, 0.25) is 0 Å². The summed E-state index contributed by atoms with van der Waals surface area (Å²) < 4.78 is 1.86.